The van der Waals surface area contributed by atoms with Gasteiger partial charge in [-0.3, -0.25) is 0 Å². The number of nitrogens with zero attached hydrogens (tertiary/aromatic N) is 1. The minimum absolute atomic E-state index is 0.286. The van der Waals surface area contributed by atoms with Crippen LogP contribution in [0.5, 0.6) is 0 Å². The number of nitrogens with one attached hydrogen (secondary N) is 2. The van der Waals surface area contributed by atoms with E-state index in [1.165, 1.54) is 99.8 Å². The Bertz CT molecular complexity index is 3350. The second-order valence-corrected chi connectivity index (χ2v) is 18.6. The molecule has 336 valence electrons. The molecule has 1 aliphatic carbocycles. The second-order valence-electron chi connectivity index (χ2n) is 18.6. The third kappa shape index (κ3) is 7.57. The lowest BCUT2D eigenvalue weighted by Gasteiger charge is -2.51. The topological polar surface area (TPSA) is 29.0 Å². The minimum Gasteiger partial charge on any atom is -0.313 e. The highest BCUT2D eigenvalue weighted by Crippen LogP contribution is 2.60. The summed E-state index contributed by atoms with van der Waals surface area (Å²) in [5, 5.41) is 9.88. The smallest absolute Gasteiger partial charge is 0.0749 e. The molecular formula is C65H61N3. The van der Waals surface area contributed by atoms with Crippen LogP contribution in [0.3, 0.4) is 0 Å². The molecule has 68 heavy (non-hydrogen) atoms. The van der Waals surface area contributed by atoms with E-state index in [9.17, 15) is 0 Å². The highest BCUT2D eigenvalue weighted by Gasteiger charge is 2.54. The van der Waals surface area contributed by atoms with Crippen LogP contribution in [0.15, 0.2) is 218 Å². The van der Waals surface area contributed by atoms with Crippen LogP contribution in [0, 0.1) is 13.8 Å². The molecule has 1 aliphatic heterocycles. The first-order chi connectivity index (χ1) is 33.3. The minimum atomic E-state index is -0.425. The number of aryl methyl sites for hydroxylation is 2. The Morgan fingerprint density at radius 2 is 1.00 bits per heavy atom. The summed E-state index contributed by atoms with van der Waals surface area (Å²) in [6.45, 7) is 12.2. The van der Waals surface area contributed by atoms with E-state index in [-0.39, 0.29) is 5.54 Å². The highest BCUT2D eigenvalue weighted by atomic mass is 15.0. The van der Waals surface area contributed by atoms with Crippen LogP contribution in [-0.2, 0) is 11.0 Å². The van der Waals surface area contributed by atoms with Gasteiger partial charge in [0.1, 0.15) is 0 Å². The number of rotatable bonds is 7. The van der Waals surface area contributed by atoms with Gasteiger partial charge in [-0.25, -0.2) is 0 Å². The molecule has 3 unspecified atom stereocenters. The van der Waals surface area contributed by atoms with Crippen LogP contribution >= 0.6 is 0 Å². The predicted octanol–water partition coefficient (Wildman–Crippen LogP) is 15.7. The van der Waals surface area contributed by atoms with Crippen LogP contribution in [0.2, 0.25) is 0 Å². The van der Waals surface area contributed by atoms with Crippen molar-refractivity contribution in [3.05, 3.63) is 268 Å². The maximum Gasteiger partial charge on any atom is 0.0749 e. The molecule has 3 heteroatoms. The van der Waals surface area contributed by atoms with Crippen molar-refractivity contribution in [2.75, 3.05) is 13.6 Å². The first-order valence-corrected chi connectivity index (χ1v) is 24.3. The predicted molar refractivity (Wildman–Crippen MR) is 288 cm³/mol. The molecule has 2 N–H and O–H groups in total. The molecule has 10 aromatic rings. The zero-order chi connectivity index (χ0) is 46.8. The lowest BCUT2D eigenvalue weighted by atomic mass is 9.54. The normalized spacial score (nSPS) is 16.7. The molecule has 2 heterocycles. The Morgan fingerprint density at radius 3 is 1.66 bits per heavy atom. The van der Waals surface area contributed by atoms with Crippen molar-refractivity contribution in [1.82, 2.24) is 15.2 Å². The van der Waals surface area contributed by atoms with Gasteiger partial charge in [0.2, 0.25) is 0 Å². The van der Waals surface area contributed by atoms with E-state index in [0.717, 1.165) is 13.0 Å². The van der Waals surface area contributed by atoms with Gasteiger partial charge in [-0.05, 0) is 127 Å². The average molecular weight is 884 g/mol. The second kappa shape index (κ2) is 18.8. The number of hydrogen-bond donors (Lipinski definition) is 2. The van der Waals surface area contributed by atoms with E-state index in [1.807, 2.05) is 19.2 Å². The zero-order valence-electron chi connectivity index (χ0n) is 40.2. The largest absolute Gasteiger partial charge is 0.313 e. The number of aromatic nitrogens is 1. The molecule has 2 aliphatic rings. The van der Waals surface area contributed by atoms with Crippen LogP contribution in [0.1, 0.15) is 83.3 Å². The Labute approximate surface area is 403 Å². The quantitative estimate of drug-likeness (QED) is 0.167. The Balaban J connectivity index is 0.000000152. The lowest BCUT2D eigenvalue weighted by molar-refractivity contribution is 0.409. The summed E-state index contributed by atoms with van der Waals surface area (Å²) >= 11 is 0. The fourth-order valence-electron chi connectivity index (χ4n) is 11.1. The van der Waals surface area contributed by atoms with E-state index in [4.69, 9.17) is 0 Å². The van der Waals surface area contributed by atoms with E-state index in [0.29, 0.717) is 6.04 Å². The van der Waals surface area contributed by atoms with Crippen molar-refractivity contribution in [3.8, 4) is 27.9 Å². The molecule has 1 spiro atoms. The first-order valence-electron chi connectivity index (χ1n) is 24.3. The average Bonchev–Trinajstić information content (AvgIpc) is 3.74. The fourth-order valence-corrected chi connectivity index (χ4v) is 11.1. The van der Waals surface area contributed by atoms with Crippen molar-refractivity contribution in [3.63, 3.8) is 0 Å². The Kier molecular flexibility index (Phi) is 12.3. The first kappa shape index (κ1) is 44.5. The van der Waals surface area contributed by atoms with Gasteiger partial charge >= 0.3 is 0 Å². The van der Waals surface area contributed by atoms with Crippen LogP contribution in [-0.4, -0.2) is 18.2 Å². The van der Waals surface area contributed by atoms with Gasteiger partial charge in [-0.1, -0.05) is 219 Å². The van der Waals surface area contributed by atoms with Crippen molar-refractivity contribution in [2.45, 2.75) is 58.0 Å². The number of fused-ring (bicyclic) bond motifs is 11. The standard InChI is InChI=1S/C37H32N2.C15H17N.C13H12/c1-4-23-38-36(3)27-16-6-7-17-28(27)37(30-19-11-13-24(2)34(30)36)29-18-8-10-22-33(29)39-32-21-9-5-14-25(32)26-15-12-20-31(37)35(26)39;1-12(16-2)13-8-10-15(11-9-13)14-6-4-3-5-7-14;1-11-7-9-13(10-8-11)12-5-3-2-4-6-12/h5-22,38H,4,23H2,1-3H3;3-12,16H,1-2H3;2-10H,1H3. The zero-order valence-corrected chi connectivity index (χ0v) is 40.2. The van der Waals surface area contributed by atoms with E-state index >= 15 is 0 Å². The summed E-state index contributed by atoms with van der Waals surface area (Å²) in [5.41, 5.74) is 20.5. The molecule has 0 bridgehead atoms. The van der Waals surface area contributed by atoms with Gasteiger partial charge in [0.25, 0.3) is 0 Å². The Morgan fingerprint density at radius 1 is 0.485 bits per heavy atom. The highest BCUT2D eigenvalue weighted by molar-refractivity contribution is 6.12. The molecule has 1 aromatic heterocycles. The molecule has 12 rings (SSSR count). The molecule has 0 fully saturated rings. The third-order valence-corrected chi connectivity index (χ3v) is 14.5. The fraction of sp³-hybridized carbons (Fsp3) is 0.169. The monoisotopic (exact) mass is 883 g/mol. The van der Waals surface area contributed by atoms with E-state index in [2.05, 4.69) is 256 Å². The lowest BCUT2D eigenvalue weighted by Crippen LogP contribution is -2.51. The van der Waals surface area contributed by atoms with Crippen LogP contribution in [0.25, 0.3) is 49.7 Å². The maximum atomic E-state index is 4.01. The Hall–Kier alpha value is -7.30. The summed E-state index contributed by atoms with van der Waals surface area (Å²) in [7, 11) is 1.98. The molecule has 0 amide bonds. The summed E-state index contributed by atoms with van der Waals surface area (Å²) < 4.78 is 2.52. The third-order valence-electron chi connectivity index (χ3n) is 14.5. The SMILES string of the molecule is CCCNC1(C)c2ccccc2C2(c3ccccc3-n3c4ccccc4c4cccc2c43)c2cccc(C)c21.CNC(C)c1ccc(-c2ccccc2)cc1.Cc1ccc(-c2ccccc2)cc1. The van der Waals surface area contributed by atoms with Gasteiger partial charge in [-0.15, -0.1) is 0 Å². The van der Waals surface area contributed by atoms with Crippen molar-refractivity contribution < 1.29 is 0 Å². The van der Waals surface area contributed by atoms with Gasteiger partial charge in [0, 0.05) is 16.8 Å². The molecule has 9 aromatic carbocycles. The van der Waals surface area contributed by atoms with Crippen molar-refractivity contribution in [2.24, 2.45) is 0 Å². The molecule has 0 saturated heterocycles. The van der Waals surface area contributed by atoms with E-state index < -0.39 is 5.41 Å². The maximum absolute atomic E-state index is 4.01. The van der Waals surface area contributed by atoms with Gasteiger partial charge in [0.05, 0.1) is 27.7 Å². The molecule has 3 nitrogen and oxygen atoms in total. The van der Waals surface area contributed by atoms with Crippen molar-refractivity contribution in [1.29, 1.82) is 0 Å². The van der Waals surface area contributed by atoms with Crippen LogP contribution in [0.4, 0.5) is 0 Å². The van der Waals surface area contributed by atoms with Crippen molar-refractivity contribution >= 4 is 21.8 Å². The molecule has 3 atom stereocenters. The summed E-state index contributed by atoms with van der Waals surface area (Å²) in [4.78, 5) is 0. The van der Waals surface area contributed by atoms with E-state index in [1.54, 1.807) is 0 Å². The number of benzene rings is 9. The van der Waals surface area contributed by atoms with Gasteiger partial charge in [0.15, 0.2) is 0 Å². The molecular weight excluding hydrogens is 823 g/mol. The number of para-hydroxylation sites is 3. The number of hydrogen-bond acceptors (Lipinski definition) is 2. The van der Waals surface area contributed by atoms with Gasteiger partial charge in [-0.2, -0.15) is 0 Å². The molecule has 0 saturated carbocycles. The van der Waals surface area contributed by atoms with Crippen LogP contribution < -0.4 is 10.6 Å². The summed E-state index contributed by atoms with van der Waals surface area (Å²) in [6, 6.07) is 79.7. The summed E-state index contributed by atoms with van der Waals surface area (Å²) in [5.74, 6) is 0. The molecule has 0 radical (unpaired) electrons. The summed E-state index contributed by atoms with van der Waals surface area (Å²) in [6.07, 6.45) is 1.09. The van der Waals surface area contributed by atoms with Gasteiger partial charge < -0.3 is 15.2 Å².